The third-order valence-electron chi connectivity index (χ3n) is 8.76. The standard InChI is InChI=1S/C28H33ClN8O3/c1-16-6-8-17(9-7-16)15-37-23-22(18-12-19(29)14-30-13-18)31-25(26-34-35-28(38)40-26)32-24(23)33-27(37)36-10-11-39-21-5-3-2-4-20(21)36/h12-14,16-17,20-21H,2-11,15H2,1H3,(H,35,38)/t16-,17-,20-,21+/m1/s1. The third-order valence-corrected chi connectivity index (χ3v) is 8.96. The van der Waals surface area contributed by atoms with Gasteiger partial charge in [-0.25, -0.2) is 19.9 Å². The van der Waals surface area contributed by atoms with Crippen molar-refractivity contribution in [3.8, 4) is 23.0 Å². The largest absolute Gasteiger partial charge is 0.434 e. The highest BCUT2D eigenvalue weighted by atomic mass is 35.5. The highest BCUT2D eigenvalue weighted by Crippen LogP contribution is 2.38. The summed E-state index contributed by atoms with van der Waals surface area (Å²) in [5, 5.41) is 6.80. The Bertz CT molecular complexity index is 1570. The van der Waals surface area contributed by atoms with Gasteiger partial charge >= 0.3 is 5.76 Å². The van der Waals surface area contributed by atoms with Gasteiger partial charge in [0.2, 0.25) is 11.8 Å². The SMILES string of the molecule is C[C@H]1CC[C@H](Cn2c(N3CCO[C@H]4CCCC[C@H]43)nc3nc(-c4n[nH]c(=O)o4)nc(-c4cncc(Cl)c4)c32)CC1. The first-order valence-corrected chi connectivity index (χ1v) is 14.7. The number of fused-ring (bicyclic) bond motifs is 2. The Hall–Kier alpha value is -3.31. The highest BCUT2D eigenvalue weighted by Gasteiger charge is 2.37. The van der Waals surface area contributed by atoms with Crippen LogP contribution in [0.15, 0.2) is 27.7 Å². The van der Waals surface area contributed by atoms with Crippen LogP contribution in [-0.2, 0) is 11.3 Å². The van der Waals surface area contributed by atoms with Gasteiger partial charge in [0.05, 0.1) is 23.8 Å². The monoisotopic (exact) mass is 564 g/mol. The minimum Gasteiger partial charge on any atom is -0.384 e. The molecule has 7 rings (SSSR count). The average Bonchev–Trinajstić information content (AvgIpc) is 3.57. The van der Waals surface area contributed by atoms with Gasteiger partial charge in [-0.2, -0.15) is 4.98 Å². The number of anilines is 1. The van der Waals surface area contributed by atoms with Gasteiger partial charge in [-0.1, -0.05) is 44.2 Å². The molecule has 2 atom stereocenters. The Kier molecular flexibility index (Phi) is 6.79. The molecule has 4 aromatic rings. The number of aromatic amines is 1. The molecule has 0 unspecified atom stereocenters. The number of pyridine rings is 1. The number of ether oxygens (including phenoxy) is 1. The summed E-state index contributed by atoms with van der Waals surface area (Å²) < 4.78 is 13.8. The van der Waals surface area contributed by atoms with Crippen LogP contribution in [0.25, 0.3) is 34.1 Å². The smallest absolute Gasteiger partial charge is 0.384 e. The zero-order chi connectivity index (χ0) is 27.2. The number of aromatic nitrogens is 7. The van der Waals surface area contributed by atoms with Crippen molar-refractivity contribution in [3.05, 3.63) is 34.0 Å². The maximum atomic E-state index is 11.8. The van der Waals surface area contributed by atoms with Gasteiger partial charge in [0.25, 0.3) is 5.89 Å². The van der Waals surface area contributed by atoms with Crippen LogP contribution in [-0.4, -0.2) is 60.0 Å². The van der Waals surface area contributed by atoms with Gasteiger partial charge in [-0.3, -0.25) is 4.98 Å². The second-order valence-corrected chi connectivity index (χ2v) is 11.9. The maximum absolute atomic E-state index is 11.8. The number of nitrogens with one attached hydrogen (secondary N) is 1. The number of hydrogen-bond donors (Lipinski definition) is 1. The van der Waals surface area contributed by atoms with E-state index in [4.69, 9.17) is 35.7 Å². The number of morpholine rings is 1. The van der Waals surface area contributed by atoms with Gasteiger partial charge in [0.15, 0.2) is 5.65 Å². The Morgan fingerprint density at radius 1 is 1.07 bits per heavy atom. The second-order valence-electron chi connectivity index (χ2n) is 11.5. The summed E-state index contributed by atoms with van der Waals surface area (Å²) in [6.07, 6.45) is 12.9. The first kappa shape index (κ1) is 25.6. The van der Waals surface area contributed by atoms with Gasteiger partial charge < -0.3 is 18.6 Å². The van der Waals surface area contributed by atoms with Gasteiger partial charge in [0.1, 0.15) is 11.2 Å². The number of hydrogen-bond acceptors (Lipinski definition) is 9. The highest BCUT2D eigenvalue weighted by molar-refractivity contribution is 6.30. The van der Waals surface area contributed by atoms with Crippen molar-refractivity contribution in [3.63, 3.8) is 0 Å². The predicted octanol–water partition coefficient (Wildman–Crippen LogP) is 4.86. The second kappa shape index (κ2) is 10.6. The summed E-state index contributed by atoms with van der Waals surface area (Å²) in [5.74, 6) is 1.73. The Morgan fingerprint density at radius 3 is 2.73 bits per heavy atom. The lowest BCUT2D eigenvalue weighted by atomic mass is 9.83. The molecule has 3 aliphatic rings. The van der Waals surface area contributed by atoms with Crippen LogP contribution in [0, 0.1) is 11.8 Å². The molecule has 3 fully saturated rings. The van der Waals surface area contributed by atoms with E-state index in [9.17, 15) is 4.79 Å². The number of H-pyrrole nitrogens is 1. The number of rotatable bonds is 5. The third kappa shape index (κ3) is 4.79. The van der Waals surface area contributed by atoms with Gasteiger partial charge in [0, 0.05) is 31.0 Å². The summed E-state index contributed by atoms with van der Waals surface area (Å²) >= 11 is 6.39. The summed E-state index contributed by atoms with van der Waals surface area (Å²) in [5.41, 5.74) is 2.74. The van der Waals surface area contributed by atoms with E-state index in [1.54, 1.807) is 12.4 Å². The zero-order valence-corrected chi connectivity index (χ0v) is 23.3. The molecule has 210 valence electrons. The van der Waals surface area contributed by atoms with Crippen molar-refractivity contribution in [2.75, 3.05) is 18.1 Å². The van der Waals surface area contributed by atoms with Crippen molar-refractivity contribution >= 4 is 28.7 Å². The van der Waals surface area contributed by atoms with E-state index in [1.165, 1.54) is 38.5 Å². The van der Waals surface area contributed by atoms with E-state index in [2.05, 4.69) is 31.6 Å². The Morgan fingerprint density at radius 2 is 1.93 bits per heavy atom. The summed E-state index contributed by atoms with van der Waals surface area (Å²) in [6.45, 7) is 4.62. The van der Waals surface area contributed by atoms with Crippen LogP contribution in [0.2, 0.25) is 5.02 Å². The molecule has 0 aromatic carbocycles. The molecule has 5 heterocycles. The summed E-state index contributed by atoms with van der Waals surface area (Å²) in [7, 11) is 0. The average molecular weight is 565 g/mol. The van der Waals surface area contributed by atoms with E-state index in [1.807, 2.05) is 6.07 Å². The van der Waals surface area contributed by atoms with Crippen LogP contribution in [0.5, 0.6) is 0 Å². The molecule has 0 amide bonds. The fraction of sp³-hybridized carbons (Fsp3) is 0.571. The van der Waals surface area contributed by atoms with Gasteiger partial charge in [-0.05, 0) is 43.6 Å². The van der Waals surface area contributed by atoms with Crippen LogP contribution in [0.4, 0.5) is 5.95 Å². The minimum atomic E-state index is -0.668. The Balaban J connectivity index is 1.44. The van der Waals surface area contributed by atoms with E-state index in [0.29, 0.717) is 28.9 Å². The van der Waals surface area contributed by atoms with Crippen molar-refractivity contribution in [1.29, 1.82) is 0 Å². The quantitative estimate of drug-likeness (QED) is 0.361. The molecular formula is C28H33ClN8O3. The van der Waals surface area contributed by atoms with Crippen molar-refractivity contribution in [1.82, 2.24) is 34.7 Å². The van der Waals surface area contributed by atoms with Crippen molar-refractivity contribution in [2.45, 2.75) is 77.0 Å². The van der Waals surface area contributed by atoms with Crippen LogP contribution >= 0.6 is 11.6 Å². The minimum absolute atomic E-state index is 0.0132. The molecule has 0 radical (unpaired) electrons. The molecule has 11 nitrogen and oxygen atoms in total. The molecule has 40 heavy (non-hydrogen) atoms. The van der Waals surface area contributed by atoms with Crippen molar-refractivity contribution in [2.24, 2.45) is 11.8 Å². The molecule has 0 spiro atoms. The fourth-order valence-electron chi connectivity index (χ4n) is 6.70. The molecule has 1 saturated heterocycles. The summed E-state index contributed by atoms with van der Waals surface area (Å²) in [6, 6.07) is 2.11. The van der Waals surface area contributed by atoms with Crippen LogP contribution in [0.3, 0.4) is 0 Å². The Labute approximate surface area is 236 Å². The topological polar surface area (TPSA) is 128 Å². The fourth-order valence-corrected chi connectivity index (χ4v) is 6.87. The lowest BCUT2D eigenvalue weighted by molar-refractivity contribution is -0.00958. The first-order valence-electron chi connectivity index (χ1n) is 14.4. The van der Waals surface area contributed by atoms with Crippen LogP contribution < -0.4 is 10.7 Å². The lowest BCUT2D eigenvalue weighted by Gasteiger charge is -2.44. The number of halogens is 1. The van der Waals surface area contributed by atoms with E-state index in [0.717, 1.165) is 48.9 Å². The van der Waals surface area contributed by atoms with Crippen LogP contribution in [0.1, 0.15) is 58.3 Å². The molecule has 1 N–H and O–H groups in total. The molecule has 1 aliphatic heterocycles. The molecule has 12 heteroatoms. The predicted molar refractivity (Wildman–Crippen MR) is 150 cm³/mol. The molecule has 0 bridgehead atoms. The van der Waals surface area contributed by atoms with E-state index < -0.39 is 5.76 Å². The van der Waals surface area contributed by atoms with E-state index in [-0.39, 0.29) is 23.9 Å². The normalized spacial score (nSPS) is 25.3. The molecule has 2 aliphatic carbocycles. The number of imidazole rings is 1. The molecule has 2 saturated carbocycles. The van der Waals surface area contributed by atoms with E-state index >= 15 is 0 Å². The molecular weight excluding hydrogens is 532 g/mol. The maximum Gasteiger partial charge on any atom is 0.434 e. The van der Waals surface area contributed by atoms with Gasteiger partial charge in [-0.15, -0.1) is 5.10 Å². The van der Waals surface area contributed by atoms with Crippen molar-refractivity contribution < 1.29 is 9.15 Å². The zero-order valence-electron chi connectivity index (χ0n) is 22.6. The summed E-state index contributed by atoms with van der Waals surface area (Å²) in [4.78, 5) is 33.4. The number of nitrogens with zero attached hydrogens (tertiary/aromatic N) is 7. The first-order chi connectivity index (χ1) is 19.5. The molecule has 4 aromatic heterocycles. The lowest BCUT2D eigenvalue weighted by Crippen LogP contribution is -2.53.